The van der Waals surface area contributed by atoms with Crippen molar-refractivity contribution < 1.29 is 28.3 Å². The van der Waals surface area contributed by atoms with Crippen LogP contribution in [-0.4, -0.2) is 50.8 Å². The van der Waals surface area contributed by atoms with E-state index in [9.17, 15) is 9.59 Å². The minimum atomic E-state index is -1.04. The van der Waals surface area contributed by atoms with Gasteiger partial charge >= 0.3 is 11.9 Å². The van der Waals surface area contributed by atoms with E-state index in [1.807, 2.05) is 18.2 Å². The van der Waals surface area contributed by atoms with Gasteiger partial charge in [0.25, 0.3) is 0 Å². The number of quaternary nitrogens is 1. The standard InChI is InChI=1S/C25H34NO5/c1-20(27)31-19-25(2,18-29-5)24(28)30-17-23-13-11-22(12-14-23)16-26(3,4)15-21-9-7-6-8-10-21/h6-14H,15-19H2,1-5H3/q+1. The highest BCUT2D eigenvalue weighted by Gasteiger charge is 2.36. The Balaban J connectivity index is 1.92. The average molecular weight is 429 g/mol. The molecule has 0 bridgehead atoms. The van der Waals surface area contributed by atoms with Crippen molar-refractivity contribution in [2.75, 3.05) is 34.4 Å². The number of ether oxygens (including phenoxy) is 3. The Morgan fingerprint density at radius 3 is 1.94 bits per heavy atom. The zero-order chi connectivity index (χ0) is 22.9. The molecule has 0 heterocycles. The largest absolute Gasteiger partial charge is 0.465 e. The lowest BCUT2D eigenvalue weighted by Crippen LogP contribution is -2.39. The van der Waals surface area contributed by atoms with Gasteiger partial charge in [0.1, 0.15) is 31.7 Å². The van der Waals surface area contributed by atoms with E-state index in [2.05, 4.69) is 50.5 Å². The zero-order valence-corrected chi connectivity index (χ0v) is 19.2. The normalized spacial score (nSPS) is 13.3. The Bertz CT molecular complexity index is 848. The molecule has 0 aromatic heterocycles. The molecule has 0 aliphatic carbocycles. The quantitative estimate of drug-likeness (QED) is 0.403. The molecular weight excluding hydrogens is 394 g/mol. The van der Waals surface area contributed by atoms with Crippen LogP contribution in [0, 0.1) is 5.41 Å². The molecule has 0 amide bonds. The van der Waals surface area contributed by atoms with Crippen molar-refractivity contribution in [3.8, 4) is 0 Å². The highest BCUT2D eigenvalue weighted by atomic mass is 16.6. The van der Waals surface area contributed by atoms with E-state index in [0.29, 0.717) is 0 Å². The minimum Gasteiger partial charge on any atom is -0.465 e. The van der Waals surface area contributed by atoms with Crippen molar-refractivity contribution in [1.29, 1.82) is 0 Å². The number of carbonyl (C=O) groups is 2. The van der Waals surface area contributed by atoms with Crippen molar-refractivity contribution in [2.24, 2.45) is 5.41 Å². The molecule has 1 unspecified atom stereocenters. The van der Waals surface area contributed by atoms with Gasteiger partial charge in [-0.3, -0.25) is 9.59 Å². The Labute approximate surface area is 185 Å². The van der Waals surface area contributed by atoms with Crippen molar-refractivity contribution in [1.82, 2.24) is 0 Å². The van der Waals surface area contributed by atoms with Gasteiger partial charge in [-0.25, -0.2) is 0 Å². The third-order valence-corrected chi connectivity index (χ3v) is 5.01. The van der Waals surface area contributed by atoms with Crippen LogP contribution in [0.5, 0.6) is 0 Å². The predicted molar refractivity (Wildman–Crippen MR) is 119 cm³/mol. The molecule has 0 saturated heterocycles. The molecule has 2 aromatic carbocycles. The molecule has 0 spiro atoms. The van der Waals surface area contributed by atoms with Gasteiger partial charge in [0, 0.05) is 25.2 Å². The van der Waals surface area contributed by atoms with Crippen LogP contribution in [0.25, 0.3) is 0 Å². The molecule has 0 aliphatic heterocycles. The number of carbonyl (C=O) groups excluding carboxylic acids is 2. The first kappa shape index (κ1) is 24.6. The summed E-state index contributed by atoms with van der Waals surface area (Å²) < 4.78 is 16.5. The summed E-state index contributed by atoms with van der Waals surface area (Å²) in [4.78, 5) is 23.7. The molecule has 0 aliphatic rings. The first-order valence-electron chi connectivity index (χ1n) is 10.4. The number of benzene rings is 2. The molecule has 168 valence electrons. The van der Waals surface area contributed by atoms with Crippen molar-refractivity contribution in [3.05, 3.63) is 71.3 Å². The highest BCUT2D eigenvalue weighted by Crippen LogP contribution is 2.21. The van der Waals surface area contributed by atoms with Crippen LogP contribution >= 0.6 is 0 Å². The fourth-order valence-corrected chi connectivity index (χ4v) is 3.43. The van der Waals surface area contributed by atoms with Gasteiger partial charge in [-0.15, -0.1) is 0 Å². The van der Waals surface area contributed by atoms with Gasteiger partial charge in [-0.2, -0.15) is 0 Å². The molecule has 0 fully saturated rings. The van der Waals surface area contributed by atoms with E-state index in [4.69, 9.17) is 14.2 Å². The maximum absolute atomic E-state index is 12.6. The average Bonchev–Trinajstić information content (AvgIpc) is 2.72. The summed E-state index contributed by atoms with van der Waals surface area (Å²) in [7, 11) is 5.92. The minimum absolute atomic E-state index is 0.0810. The maximum atomic E-state index is 12.6. The Kier molecular flexibility index (Phi) is 8.77. The second kappa shape index (κ2) is 11.1. The Morgan fingerprint density at radius 2 is 1.39 bits per heavy atom. The number of esters is 2. The van der Waals surface area contributed by atoms with Crippen molar-refractivity contribution in [3.63, 3.8) is 0 Å². The number of hydrogen-bond donors (Lipinski definition) is 0. The number of rotatable bonds is 11. The zero-order valence-electron chi connectivity index (χ0n) is 19.2. The van der Waals surface area contributed by atoms with Crippen LogP contribution < -0.4 is 0 Å². The molecular formula is C25H34NO5+. The molecule has 0 saturated carbocycles. The van der Waals surface area contributed by atoms with Crippen molar-refractivity contribution >= 4 is 11.9 Å². The summed E-state index contributed by atoms with van der Waals surface area (Å²) in [6, 6.07) is 18.6. The molecule has 6 nitrogen and oxygen atoms in total. The lowest BCUT2D eigenvalue weighted by Gasteiger charge is -2.30. The molecule has 6 heteroatoms. The second-order valence-corrected chi connectivity index (χ2v) is 8.90. The fraction of sp³-hybridized carbons (Fsp3) is 0.440. The molecule has 2 rings (SSSR count). The SMILES string of the molecule is COCC(C)(COC(C)=O)C(=O)OCc1ccc(C[N+](C)(C)Cc2ccccc2)cc1. The fourth-order valence-electron chi connectivity index (χ4n) is 3.43. The monoisotopic (exact) mass is 428 g/mol. The number of methoxy groups -OCH3 is 1. The van der Waals surface area contributed by atoms with Gasteiger partial charge in [-0.05, 0) is 12.5 Å². The van der Waals surface area contributed by atoms with Crippen LogP contribution in [0.1, 0.15) is 30.5 Å². The van der Waals surface area contributed by atoms with E-state index in [-0.39, 0.29) is 19.8 Å². The van der Waals surface area contributed by atoms with E-state index >= 15 is 0 Å². The first-order valence-corrected chi connectivity index (χ1v) is 10.4. The third kappa shape index (κ3) is 8.15. The molecule has 31 heavy (non-hydrogen) atoms. The van der Waals surface area contributed by atoms with Crippen LogP contribution in [-0.2, 0) is 43.5 Å². The Hall–Kier alpha value is -2.70. The summed E-state index contributed by atoms with van der Waals surface area (Å²) in [6.07, 6.45) is 0. The van der Waals surface area contributed by atoms with E-state index < -0.39 is 17.4 Å². The van der Waals surface area contributed by atoms with Gasteiger partial charge in [0.15, 0.2) is 0 Å². The third-order valence-electron chi connectivity index (χ3n) is 5.01. The van der Waals surface area contributed by atoms with Crippen LogP contribution in [0.4, 0.5) is 0 Å². The number of hydrogen-bond acceptors (Lipinski definition) is 5. The lowest BCUT2D eigenvalue weighted by atomic mass is 9.93. The van der Waals surface area contributed by atoms with E-state index in [1.165, 1.54) is 25.2 Å². The van der Waals surface area contributed by atoms with E-state index in [0.717, 1.165) is 23.1 Å². The van der Waals surface area contributed by atoms with Gasteiger partial charge < -0.3 is 18.7 Å². The molecule has 0 N–H and O–H groups in total. The summed E-state index contributed by atoms with van der Waals surface area (Å²) in [5, 5.41) is 0. The van der Waals surface area contributed by atoms with Gasteiger partial charge in [0.05, 0.1) is 20.7 Å². The van der Waals surface area contributed by atoms with Crippen LogP contribution in [0.15, 0.2) is 54.6 Å². The molecule has 0 radical (unpaired) electrons. The van der Waals surface area contributed by atoms with Gasteiger partial charge in [0.2, 0.25) is 0 Å². The predicted octanol–water partition coefficient (Wildman–Crippen LogP) is 3.72. The van der Waals surface area contributed by atoms with Crippen LogP contribution in [0.3, 0.4) is 0 Å². The van der Waals surface area contributed by atoms with Crippen LogP contribution in [0.2, 0.25) is 0 Å². The molecule has 2 aromatic rings. The summed E-state index contributed by atoms with van der Waals surface area (Å²) in [5.74, 6) is -0.903. The van der Waals surface area contributed by atoms with E-state index in [1.54, 1.807) is 6.92 Å². The summed E-state index contributed by atoms with van der Waals surface area (Å²) in [5.41, 5.74) is 2.39. The Morgan fingerprint density at radius 1 is 0.839 bits per heavy atom. The first-order chi connectivity index (χ1) is 14.6. The topological polar surface area (TPSA) is 61.8 Å². The second-order valence-electron chi connectivity index (χ2n) is 8.90. The summed E-state index contributed by atoms with van der Waals surface area (Å²) in [6.45, 7) is 4.98. The molecule has 1 atom stereocenters. The lowest BCUT2D eigenvalue weighted by molar-refractivity contribution is -0.916. The van der Waals surface area contributed by atoms with Gasteiger partial charge in [-0.1, -0.05) is 54.6 Å². The summed E-state index contributed by atoms with van der Waals surface area (Å²) >= 11 is 0. The smallest absolute Gasteiger partial charge is 0.317 e. The van der Waals surface area contributed by atoms with Crippen molar-refractivity contribution in [2.45, 2.75) is 33.5 Å². The highest BCUT2D eigenvalue weighted by molar-refractivity contribution is 5.77. The number of nitrogens with zero attached hydrogens (tertiary/aromatic N) is 1. The maximum Gasteiger partial charge on any atom is 0.317 e.